The third kappa shape index (κ3) is 3.41. The highest BCUT2D eigenvalue weighted by atomic mass is 19.1. The minimum absolute atomic E-state index is 0.0412. The summed E-state index contributed by atoms with van der Waals surface area (Å²) in [5, 5.41) is 0. The number of aromatic nitrogens is 3. The van der Waals surface area contributed by atoms with Crippen LogP contribution in [0.25, 0.3) is 0 Å². The zero-order valence-corrected chi connectivity index (χ0v) is 17.2. The quantitative estimate of drug-likeness (QED) is 0.768. The Morgan fingerprint density at radius 1 is 1.17 bits per heavy atom. The summed E-state index contributed by atoms with van der Waals surface area (Å²) in [5.74, 6) is 0.481. The molecule has 0 saturated carbocycles. The minimum Gasteiger partial charge on any atom is -0.353 e. The molecule has 160 valence electrons. The Balaban J connectivity index is 1.41. The highest BCUT2D eigenvalue weighted by Crippen LogP contribution is 2.37. The van der Waals surface area contributed by atoms with Gasteiger partial charge < -0.3 is 9.47 Å². The molecule has 3 atom stereocenters. The molecule has 3 aliphatic heterocycles. The van der Waals surface area contributed by atoms with E-state index in [4.69, 9.17) is 0 Å². The number of alkyl halides is 1. The molecule has 30 heavy (non-hydrogen) atoms. The van der Waals surface area contributed by atoms with Crippen LogP contribution < -0.4 is 10.5 Å². The molecule has 8 heteroatoms. The number of anilines is 1. The molecule has 5 rings (SSSR count). The first-order valence-electron chi connectivity index (χ1n) is 10.9. The van der Waals surface area contributed by atoms with Crippen molar-refractivity contribution in [1.82, 2.24) is 19.4 Å². The fraction of sp³-hybridized carbons (Fsp3) is 0.591. The van der Waals surface area contributed by atoms with E-state index in [2.05, 4.69) is 9.97 Å². The largest absolute Gasteiger partial charge is 0.353 e. The van der Waals surface area contributed by atoms with Gasteiger partial charge in [-0.15, -0.1) is 0 Å². The normalized spacial score (nSPS) is 26.1. The molecular weight excluding hydrogens is 388 g/mol. The highest BCUT2D eigenvalue weighted by molar-refractivity contribution is 5.43. The average Bonchev–Trinajstić information content (AvgIpc) is 3.15. The number of likely N-dealkylation sites (tertiary alicyclic amines) is 1. The summed E-state index contributed by atoms with van der Waals surface area (Å²) < 4.78 is 30.2. The standard InChI is InChI=1S/C22H27F2N5O/c1-2-18-20(24)21(26-13-25-18)28-8-14-7-16(11-28)19-4-3-15(22(30)29(19)9-14)10-27-6-5-17(23)12-27/h3-4,13-14,16-17H,2,5-12H2,1H3/t14-,16+,17-/m0/s1. The molecule has 2 aromatic rings. The molecule has 0 spiro atoms. The van der Waals surface area contributed by atoms with Crippen molar-refractivity contribution < 1.29 is 8.78 Å². The number of halogens is 2. The lowest BCUT2D eigenvalue weighted by Gasteiger charge is -2.43. The first-order chi connectivity index (χ1) is 14.5. The summed E-state index contributed by atoms with van der Waals surface area (Å²) in [5.41, 5.74) is 2.23. The van der Waals surface area contributed by atoms with E-state index in [1.165, 1.54) is 6.33 Å². The lowest BCUT2D eigenvalue weighted by atomic mass is 9.83. The van der Waals surface area contributed by atoms with E-state index in [9.17, 15) is 13.6 Å². The molecule has 0 unspecified atom stereocenters. The maximum Gasteiger partial charge on any atom is 0.255 e. The van der Waals surface area contributed by atoms with Gasteiger partial charge in [0.15, 0.2) is 11.6 Å². The van der Waals surface area contributed by atoms with Gasteiger partial charge in [0.05, 0.1) is 5.69 Å². The molecule has 0 aromatic carbocycles. The van der Waals surface area contributed by atoms with Crippen LogP contribution in [0.2, 0.25) is 0 Å². The third-order valence-electron chi connectivity index (χ3n) is 6.77. The number of rotatable bonds is 4. The van der Waals surface area contributed by atoms with Gasteiger partial charge in [-0.05, 0) is 31.2 Å². The van der Waals surface area contributed by atoms with E-state index in [1.807, 2.05) is 33.4 Å². The van der Waals surface area contributed by atoms with Crippen LogP contribution in [-0.4, -0.2) is 51.8 Å². The van der Waals surface area contributed by atoms with E-state index in [0.717, 1.165) is 17.7 Å². The van der Waals surface area contributed by atoms with E-state index in [1.54, 1.807) is 0 Å². The zero-order valence-electron chi connectivity index (χ0n) is 17.2. The Morgan fingerprint density at radius 3 is 2.80 bits per heavy atom. The monoisotopic (exact) mass is 415 g/mol. The SMILES string of the molecule is CCc1ncnc(N2C[C@@H]3C[C@H](C2)c2ccc(CN4CC[C@H](F)C4)c(=O)n2C3)c1F. The zero-order chi connectivity index (χ0) is 20.8. The Hall–Kier alpha value is -2.35. The molecule has 0 radical (unpaired) electrons. The second-order valence-corrected chi connectivity index (χ2v) is 8.84. The first kappa shape index (κ1) is 19.6. The smallest absolute Gasteiger partial charge is 0.255 e. The van der Waals surface area contributed by atoms with Crippen molar-refractivity contribution in [3.05, 3.63) is 51.6 Å². The van der Waals surface area contributed by atoms with E-state index in [-0.39, 0.29) is 23.2 Å². The van der Waals surface area contributed by atoms with Crippen LogP contribution in [0.4, 0.5) is 14.6 Å². The van der Waals surface area contributed by atoms with Gasteiger partial charge in [-0.1, -0.05) is 13.0 Å². The summed E-state index contributed by atoms with van der Waals surface area (Å²) in [6, 6.07) is 3.94. The summed E-state index contributed by atoms with van der Waals surface area (Å²) >= 11 is 0. The average molecular weight is 415 g/mol. The summed E-state index contributed by atoms with van der Waals surface area (Å²) in [7, 11) is 0. The second kappa shape index (κ2) is 7.72. The molecule has 0 N–H and O–H groups in total. The van der Waals surface area contributed by atoms with Crippen molar-refractivity contribution in [3.63, 3.8) is 0 Å². The van der Waals surface area contributed by atoms with Crippen LogP contribution >= 0.6 is 0 Å². The molecular formula is C22H27F2N5O. The van der Waals surface area contributed by atoms with Crippen molar-refractivity contribution in [2.24, 2.45) is 5.92 Å². The third-order valence-corrected chi connectivity index (χ3v) is 6.77. The van der Waals surface area contributed by atoms with Gasteiger partial charge in [0.1, 0.15) is 12.5 Å². The van der Waals surface area contributed by atoms with Gasteiger partial charge in [0.2, 0.25) is 0 Å². The van der Waals surface area contributed by atoms with Crippen molar-refractivity contribution in [1.29, 1.82) is 0 Å². The van der Waals surface area contributed by atoms with Crippen LogP contribution in [0.15, 0.2) is 23.3 Å². The number of piperidine rings is 1. The number of aryl methyl sites for hydroxylation is 1. The van der Waals surface area contributed by atoms with Crippen molar-refractivity contribution >= 4 is 5.82 Å². The summed E-state index contributed by atoms with van der Waals surface area (Å²) in [4.78, 5) is 25.5. The summed E-state index contributed by atoms with van der Waals surface area (Å²) in [6.07, 6.45) is 2.73. The van der Waals surface area contributed by atoms with Gasteiger partial charge in [0.25, 0.3) is 5.56 Å². The van der Waals surface area contributed by atoms with Crippen LogP contribution in [0.5, 0.6) is 0 Å². The predicted molar refractivity (Wildman–Crippen MR) is 110 cm³/mol. The predicted octanol–water partition coefficient (Wildman–Crippen LogP) is 2.51. The van der Waals surface area contributed by atoms with Crippen molar-refractivity contribution in [2.75, 3.05) is 31.1 Å². The molecule has 2 fully saturated rings. The summed E-state index contributed by atoms with van der Waals surface area (Å²) in [6.45, 7) is 5.46. The van der Waals surface area contributed by atoms with Crippen molar-refractivity contribution in [3.8, 4) is 0 Å². The Morgan fingerprint density at radius 2 is 2.03 bits per heavy atom. The second-order valence-electron chi connectivity index (χ2n) is 8.84. The number of pyridine rings is 1. The number of fused-ring (bicyclic) bond motifs is 4. The molecule has 3 aliphatic rings. The van der Waals surface area contributed by atoms with Crippen LogP contribution in [0, 0.1) is 11.7 Å². The maximum absolute atomic E-state index is 14.8. The molecule has 2 bridgehead atoms. The number of nitrogens with zero attached hydrogens (tertiary/aromatic N) is 5. The van der Waals surface area contributed by atoms with Gasteiger partial charge in [-0.25, -0.2) is 18.7 Å². The van der Waals surface area contributed by atoms with Crippen LogP contribution in [0.1, 0.15) is 42.6 Å². The van der Waals surface area contributed by atoms with E-state index >= 15 is 0 Å². The lowest BCUT2D eigenvalue weighted by molar-refractivity contribution is 0.269. The number of hydrogen-bond donors (Lipinski definition) is 0. The van der Waals surface area contributed by atoms with E-state index < -0.39 is 6.17 Å². The highest BCUT2D eigenvalue weighted by Gasteiger charge is 2.36. The molecule has 6 nitrogen and oxygen atoms in total. The molecule has 5 heterocycles. The molecule has 2 aromatic heterocycles. The molecule has 2 saturated heterocycles. The van der Waals surface area contributed by atoms with Crippen LogP contribution in [0.3, 0.4) is 0 Å². The van der Waals surface area contributed by atoms with Gasteiger partial charge in [-0.3, -0.25) is 9.69 Å². The fourth-order valence-electron chi connectivity index (χ4n) is 5.32. The minimum atomic E-state index is -0.786. The van der Waals surface area contributed by atoms with Crippen LogP contribution in [-0.2, 0) is 19.5 Å². The van der Waals surface area contributed by atoms with E-state index in [0.29, 0.717) is 63.6 Å². The maximum atomic E-state index is 14.8. The van der Waals surface area contributed by atoms with Gasteiger partial charge in [0, 0.05) is 56.4 Å². The Kier molecular flexibility index (Phi) is 5.05. The van der Waals surface area contributed by atoms with Gasteiger partial charge >= 0.3 is 0 Å². The number of hydrogen-bond acceptors (Lipinski definition) is 5. The van der Waals surface area contributed by atoms with Crippen molar-refractivity contribution in [2.45, 2.75) is 51.4 Å². The first-order valence-corrected chi connectivity index (χ1v) is 10.9. The lowest BCUT2D eigenvalue weighted by Crippen LogP contribution is -2.48. The molecule has 0 amide bonds. The fourth-order valence-corrected chi connectivity index (χ4v) is 5.32. The molecule has 0 aliphatic carbocycles. The van der Waals surface area contributed by atoms with Gasteiger partial charge in [-0.2, -0.15) is 0 Å². The topological polar surface area (TPSA) is 54.3 Å². The Labute approximate surface area is 174 Å². The Bertz CT molecular complexity index is 1010.